The van der Waals surface area contributed by atoms with Crippen LogP contribution in [0.4, 0.5) is 0 Å². The van der Waals surface area contributed by atoms with E-state index < -0.39 is 11.9 Å². The van der Waals surface area contributed by atoms with Gasteiger partial charge >= 0.3 is 11.9 Å². The van der Waals surface area contributed by atoms with E-state index in [4.69, 9.17) is 18.9 Å². The lowest BCUT2D eigenvalue weighted by Gasteiger charge is -2.06. The molecule has 6 nitrogen and oxygen atoms in total. The second kappa shape index (κ2) is 12.6. The molecule has 0 fully saturated rings. The highest BCUT2D eigenvalue weighted by Gasteiger charge is 2.02. The van der Waals surface area contributed by atoms with Crippen LogP contribution in [0, 0.1) is 0 Å². The van der Waals surface area contributed by atoms with Gasteiger partial charge in [0.05, 0.1) is 12.5 Å². The average molecular weight is 434 g/mol. The lowest BCUT2D eigenvalue weighted by molar-refractivity contribution is -0.138. The van der Waals surface area contributed by atoms with E-state index in [9.17, 15) is 9.59 Å². The fourth-order valence-electron chi connectivity index (χ4n) is 2.28. The van der Waals surface area contributed by atoms with Gasteiger partial charge in [-0.05, 0) is 61.4 Å². The minimum Gasteiger partial charge on any atom is -0.465 e. The summed E-state index contributed by atoms with van der Waals surface area (Å²) in [5, 5.41) is 0. The lowest BCUT2D eigenvalue weighted by Crippen LogP contribution is -2.04. The van der Waals surface area contributed by atoms with Gasteiger partial charge in [0.25, 0.3) is 0 Å². The standard InChI is InChI=1S/C26H26O6/c1-19(2)25(27)31-17-5-15-29-23-11-7-21(8-12-23)22-9-13-24(14-10-22)30-16-6-18-32-26(28)20(3)4/h5-16H,1,3,17-18H2,2,4H3. The molecule has 0 spiro atoms. The molecule has 0 saturated carbocycles. The van der Waals surface area contributed by atoms with Crippen molar-refractivity contribution in [2.45, 2.75) is 13.8 Å². The van der Waals surface area contributed by atoms with Crippen molar-refractivity contribution in [1.29, 1.82) is 0 Å². The van der Waals surface area contributed by atoms with Crippen LogP contribution in [-0.2, 0) is 19.1 Å². The molecule has 0 N–H and O–H groups in total. The van der Waals surface area contributed by atoms with Crippen LogP contribution < -0.4 is 9.47 Å². The van der Waals surface area contributed by atoms with Gasteiger partial charge in [0.15, 0.2) is 0 Å². The van der Waals surface area contributed by atoms with Crippen LogP contribution in [0.3, 0.4) is 0 Å². The van der Waals surface area contributed by atoms with Crippen molar-refractivity contribution in [3.05, 3.63) is 97.5 Å². The molecule has 166 valence electrons. The van der Waals surface area contributed by atoms with Crippen LogP contribution in [0.15, 0.2) is 97.5 Å². The van der Waals surface area contributed by atoms with Crippen LogP contribution in [0.25, 0.3) is 11.1 Å². The molecule has 0 aliphatic rings. The van der Waals surface area contributed by atoms with E-state index in [2.05, 4.69) is 13.2 Å². The predicted molar refractivity (Wildman–Crippen MR) is 123 cm³/mol. The molecule has 0 aliphatic carbocycles. The summed E-state index contributed by atoms with van der Waals surface area (Å²) in [6.45, 7) is 10.4. The highest BCUT2D eigenvalue weighted by atomic mass is 16.5. The third-order valence-corrected chi connectivity index (χ3v) is 3.96. The molecule has 0 bridgehead atoms. The number of hydrogen-bond donors (Lipinski definition) is 0. The van der Waals surface area contributed by atoms with Crippen LogP contribution in [0.1, 0.15) is 13.8 Å². The largest absolute Gasteiger partial charge is 0.465 e. The summed E-state index contributed by atoms with van der Waals surface area (Å²) in [4.78, 5) is 22.5. The third kappa shape index (κ3) is 8.36. The highest BCUT2D eigenvalue weighted by Crippen LogP contribution is 2.24. The van der Waals surface area contributed by atoms with E-state index in [-0.39, 0.29) is 13.2 Å². The quantitative estimate of drug-likeness (QED) is 0.269. The predicted octanol–water partition coefficient (Wildman–Crippen LogP) is 5.38. The molecule has 2 aromatic rings. The second-order valence-corrected chi connectivity index (χ2v) is 6.79. The normalized spacial score (nSPS) is 10.7. The number of rotatable bonds is 11. The first kappa shape index (κ1) is 24.2. The van der Waals surface area contributed by atoms with E-state index in [0.29, 0.717) is 22.6 Å². The molecule has 0 heterocycles. The number of benzene rings is 2. The molecule has 0 amide bonds. The van der Waals surface area contributed by atoms with Gasteiger partial charge in [-0.1, -0.05) is 37.4 Å². The molecule has 0 radical (unpaired) electrons. The minimum absolute atomic E-state index is 0.118. The van der Waals surface area contributed by atoms with Crippen LogP contribution in [0.5, 0.6) is 11.5 Å². The number of esters is 2. The summed E-state index contributed by atoms with van der Waals surface area (Å²) in [5.41, 5.74) is 2.75. The Hall–Kier alpha value is -4.06. The molecule has 0 atom stereocenters. The summed E-state index contributed by atoms with van der Waals surface area (Å²) in [6, 6.07) is 15.1. The zero-order chi connectivity index (χ0) is 23.3. The van der Waals surface area contributed by atoms with E-state index in [1.807, 2.05) is 48.5 Å². The van der Waals surface area contributed by atoms with Gasteiger partial charge in [-0.2, -0.15) is 0 Å². The molecule has 32 heavy (non-hydrogen) atoms. The molecule has 2 aromatic carbocycles. The fraction of sp³-hybridized carbons (Fsp3) is 0.154. The van der Waals surface area contributed by atoms with Crippen molar-refractivity contribution in [2.75, 3.05) is 13.2 Å². The average Bonchev–Trinajstić information content (AvgIpc) is 2.79. The Morgan fingerprint density at radius 2 is 1.03 bits per heavy atom. The van der Waals surface area contributed by atoms with Crippen molar-refractivity contribution in [2.24, 2.45) is 0 Å². The van der Waals surface area contributed by atoms with Gasteiger partial charge in [0, 0.05) is 11.1 Å². The Kier molecular flexibility index (Phi) is 9.53. The van der Waals surface area contributed by atoms with E-state index >= 15 is 0 Å². The maximum atomic E-state index is 11.3. The maximum absolute atomic E-state index is 11.3. The smallest absolute Gasteiger partial charge is 0.333 e. The van der Waals surface area contributed by atoms with Crippen molar-refractivity contribution in [1.82, 2.24) is 0 Å². The summed E-state index contributed by atoms with van der Waals surface area (Å²) in [7, 11) is 0. The van der Waals surface area contributed by atoms with Gasteiger partial charge < -0.3 is 18.9 Å². The van der Waals surface area contributed by atoms with Gasteiger partial charge in [-0.3, -0.25) is 0 Å². The SMILES string of the molecule is C=C(C)C(=O)OCC=COc1ccc(-c2ccc(OC=CCOC(=O)C(=C)C)cc2)cc1. The Labute approximate surface area is 188 Å². The number of hydrogen-bond acceptors (Lipinski definition) is 6. The summed E-state index contributed by atoms with van der Waals surface area (Å²) >= 11 is 0. The zero-order valence-electron chi connectivity index (χ0n) is 18.2. The first-order valence-corrected chi connectivity index (χ1v) is 9.86. The lowest BCUT2D eigenvalue weighted by atomic mass is 10.1. The van der Waals surface area contributed by atoms with E-state index in [1.54, 1.807) is 26.0 Å². The number of carbonyl (C=O) groups is 2. The zero-order valence-corrected chi connectivity index (χ0v) is 18.2. The van der Waals surface area contributed by atoms with Crippen LogP contribution >= 0.6 is 0 Å². The highest BCUT2D eigenvalue weighted by molar-refractivity contribution is 5.87. The molecule has 2 rings (SSSR count). The molecule has 0 saturated heterocycles. The summed E-state index contributed by atoms with van der Waals surface area (Å²) in [5.74, 6) is 0.452. The number of ether oxygens (including phenoxy) is 4. The van der Waals surface area contributed by atoms with Crippen molar-refractivity contribution in [3.63, 3.8) is 0 Å². The van der Waals surface area contributed by atoms with Gasteiger partial charge in [0.1, 0.15) is 24.7 Å². The summed E-state index contributed by atoms with van der Waals surface area (Å²) in [6.07, 6.45) is 6.15. The Balaban J connectivity index is 1.80. The molecular formula is C26H26O6. The Bertz CT molecular complexity index is 914. The number of carbonyl (C=O) groups excluding carboxylic acids is 2. The van der Waals surface area contributed by atoms with Crippen LogP contribution in [0.2, 0.25) is 0 Å². The van der Waals surface area contributed by atoms with Crippen molar-refractivity contribution >= 4 is 11.9 Å². The Morgan fingerprint density at radius 3 is 1.34 bits per heavy atom. The third-order valence-electron chi connectivity index (χ3n) is 3.96. The van der Waals surface area contributed by atoms with Crippen molar-refractivity contribution < 1.29 is 28.5 Å². The monoisotopic (exact) mass is 434 g/mol. The van der Waals surface area contributed by atoms with Gasteiger partial charge in [0.2, 0.25) is 0 Å². The maximum Gasteiger partial charge on any atom is 0.333 e. The van der Waals surface area contributed by atoms with Gasteiger partial charge in [-0.25, -0.2) is 9.59 Å². The van der Waals surface area contributed by atoms with Crippen molar-refractivity contribution in [3.8, 4) is 22.6 Å². The van der Waals surface area contributed by atoms with E-state index in [0.717, 1.165) is 11.1 Å². The first-order valence-electron chi connectivity index (χ1n) is 9.86. The molecular weight excluding hydrogens is 408 g/mol. The second-order valence-electron chi connectivity index (χ2n) is 6.79. The topological polar surface area (TPSA) is 71.1 Å². The van der Waals surface area contributed by atoms with E-state index in [1.165, 1.54) is 12.5 Å². The molecule has 0 unspecified atom stereocenters. The molecule has 0 aromatic heterocycles. The van der Waals surface area contributed by atoms with Crippen LogP contribution in [-0.4, -0.2) is 25.2 Å². The Morgan fingerprint density at radius 1 is 0.688 bits per heavy atom. The molecule has 0 aliphatic heterocycles. The fourth-order valence-corrected chi connectivity index (χ4v) is 2.28. The van der Waals surface area contributed by atoms with Gasteiger partial charge in [-0.15, -0.1) is 0 Å². The molecule has 6 heteroatoms. The first-order chi connectivity index (χ1) is 15.4. The minimum atomic E-state index is -0.435. The summed E-state index contributed by atoms with van der Waals surface area (Å²) < 4.78 is 20.9.